The Bertz CT molecular complexity index is 119. The zero-order valence-corrected chi connectivity index (χ0v) is 8.05. The molecule has 4 heteroatoms. The fraction of sp³-hybridized carbons (Fsp3) is 1.00. The second kappa shape index (κ2) is 6.84. The molecule has 0 aliphatic heterocycles. The topological polar surface area (TPSA) is 63.3 Å². The van der Waals surface area contributed by atoms with Crippen LogP contribution in [0.2, 0.25) is 0 Å². The van der Waals surface area contributed by atoms with Crippen LogP contribution in [0.4, 0.5) is 0 Å². The largest absolute Gasteiger partial charge is 0.346 e. The fourth-order valence-electron chi connectivity index (χ4n) is 1.10. The first kappa shape index (κ1) is 11.2. The van der Waals surface area contributed by atoms with Gasteiger partial charge in [0, 0.05) is 5.66 Å². The van der Waals surface area contributed by atoms with E-state index in [-0.39, 0.29) is 5.66 Å². The molecule has 3 nitrogen and oxygen atoms in total. The molecule has 0 amide bonds. The molecule has 0 aromatic heterocycles. The van der Waals surface area contributed by atoms with Crippen molar-refractivity contribution in [3.63, 3.8) is 0 Å². The minimum atomic E-state index is -2.31. The van der Waals surface area contributed by atoms with E-state index in [0.717, 1.165) is 25.7 Å². The third-order valence-electron chi connectivity index (χ3n) is 1.74. The van der Waals surface area contributed by atoms with Crippen LogP contribution in [-0.2, 0) is 4.57 Å². The molecule has 0 rings (SSSR count). The molecule has 0 saturated carbocycles. The molecule has 11 heavy (non-hydrogen) atoms. The summed E-state index contributed by atoms with van der Waals surface area (Å²) in [6, 6.07) is 0. The minimum absolute atomic E-state index is 0.00792. The first-order chi connectivity index (χ1) is 5.22. The zero-order chi connectivity index (χ0) is 8.69. The maximum absolute atomic E-state index is 10.7. The summed E-state index contributed by atoms with van der Waals surface area (Å²) in [4.78, 5) is 8.88. The molecular formula is C7H18NO2P. The summed E-state index contributed by atoms with van der Waals surface area (Å²) in [6.07, 6.45) is 3.50. The summed E-state index contributed by atoms with van der Waals surface area (Å²) >= 11 is 0. The van der Waals surface area contributed by atoms with Crippen LogP contribution in [0.15, 0.2) is 0 Å². The van der Waals surface area contributed by atoms with E-state index in [9.17, 15) is 4.57 Å². The van der Waals surface area contributed by atoms with E-state index in [2.05, 4.69) is 0 Å². The average Bonchev–Trinajstić information content (AvgIpc) is 1.97. The van der Waals surface area contributed by atoms with Gasteiger partial charge in [-0.3, -0.25) is 4.57 Å². The first-order valence-corrected chi connectivity index (χ1v) is 5.58. The molecule has 0 radical (unpaired) electrons. The van der Waals surface area contributed by atoms with Gasteiger partial charge in [-0.15, -0.1) is 0 Å². The molecule has 0 saturated heterocycles. The van der Waals surface area contributed by atoms with Crippen molar-refractivity contribution in [3.05, 3.63) is 0 Å². The van der Waals surface area contributed by atoms with Crippen molar-refractivity contribution in [2.45, 2.75) is 38.3 Å². The van der Waals surface area contributed by atoms with E-state index >= 15 is 0 Å². The van der Waals surface area contributed by atoms with Crippen molar-refractivity contribution in [3.8, 4) is 0 Å². The Kier molecular flexibility index (Phi) is 6.93. The predicted molar refractivity (Wildman–Crippen MR) is 48.2 cm³/mol. The SMILES string of the molecule is CCCC(CCCN)[PH](=O)O. The summed E-state index contributed by atoms with van der Waals surface area (Å²) in [6.45, 7) is 2.65. The predicted octanol–water partition coefficient (Wildman–Crippen LogP) is 1.36. The standard InChI is InChI=1S/C7H18NO2P/c1-2-4-7(11(9)10)5-3-6-8/h7,11H,2-6,8H2,1H3,(H,9,10). The van der Waals surface area contributed by atoms with Gasteiger partial charge in [0.1, 0.15) is 0 Å². The van der Waals surface area contributed by atoms with E-state index in [0.29, 0.717) is 6.54 Å². The smallest absolute Gasteiger partial charge is 0.192 e. The number of rotatable bonds is 6. The molecule has 0 fully saturated rings. The van der Waals surface area contributed by atoms with Gasteiger partial charge in [-0.1, -0.05) is 13.3 Å². The van der Waals surface area contributed by atoms with Crippen LogP contribution in [0.25, 0.3) is 0 Å². The summed E-state index contributed by atoms with van der Waals surface area (Å²) in [7, 11) is -2.31. The summed E-state index contributed by atoms with van der Waals surface area (Å²) in [5, 5.41) is 0. The molecule has 3 N–H and O–H groups in total. The van der Waals surface area contributed by atoms with E-state index in [1.165, 1.54) is 0 Å². The van der Waals surface area contributed by atoms with Crippen LogP contribution in [0, 0.1) is 0 Å². The van der Waals surface area contributed by atoms with Gasteiger partial charge in [0.05, 0.1) is 0 Å². The monoisotopic (exact) mass is 179 g/mol. The van der Waals surface area contributed by atoms with Gasteiger partial charge < -0.3 is 10.6 Å². The van der Waals surface area contributed by atoms with Crippen LogP contribution in [-0.4, -0.2) is 17.1 Å². The van der Waals surface area contributed by atoms with Gasteiger partial charge in [-0.05, 0) is 25.8 Å². The molecule has 0 aliphatic carbocycles. The van der Waals surface area contributed by atoms with Gasteiger partial charge >= 0.3 is 0 Å². The summed E-state index contributed by atoms with van der Waals surface area (Å²) < 4.78 is 10.7. The lowest BCUT2D eigenvalue weighted by Crippen LogP contribution is -2.06. The number of nitrogens with two attached hydrogens (primary N) is 1. The molecule has 0 heterocycles. The van der Waals surface area contributed by atoms with Crippen molar-refractivity contribution in [2.75, 3.05) is 6.54 Å². The quantitative estimate of drug-likeness (QED) is 0.605. The minimum Gasteiger partial charge on any atom is -0.346 e. The lowest BCUT2D eigenvalue weighted by molar-refractivity contribution is 0.473. The Balaban J connectivity index is 3.60. The molecule has 68 valence electrons. The Hall–Kier alpha value is 0.150. The van der Waals surface area contributed by atoms with Crippen LogP contribution in [0.3, 0.4) is 0 Å². The maximum Gasteiger partial charge on any atom is 0.192 e. The second-order valence-corrected chi connectivity index (χ2v) is 4.25. The number of hydrogen-bond acceptors (Lipinski definition) is 2. The van der Waals surface area contributed by atoms with E-state index in [1.54, 1.807) is 0 Å². The van der Waals surface area contributed by atoms with Gasteiger partial charge in [-0.25, -0.2) is 0 Å². The zero-order valence-electron chi connectivity index (χ0n) is 7.05. The molecule has 2 atom stereocenters. The van der Waals surface area contributed by atoms with Crippen LogP contribution in [0.1, 0.15) is 32.6 Å². The Morgan fingerprint density at radius 3 is 2.55 bits per heavy atom. The average molecular weight is 179 g/mol. The molecule has 2 unspecified atom stereocenters. The first-order valence-electron chi connectivity index (χ1n) is 4.15. The van der Waals surface area contributed by atoms with Crippen molar-refractivity contribution >= 4 is 8.03 Å². The van der Waals surface area contributed by atoms with E-state index in [1.807, 2.05) is 6.92 Å². The van der Waals surface area contributed by atoms with E-state index < -0.39 is 8.03 Å². The Labute approximate surface area is 68.9 Å². The van der Waals surface area contributed by atoms with Crippen molar-refractivity contribution in [2.24, 2.45) is 5.73 Å². The lowest BCUT2D eigenvalue weighted by Gasteiger charge is -2.10. The molecule has 0 aromatic carbocycles. The van der Waals surface area contributed by atoms with Gasteiger partial charge in [0.15, 0.2) is 8.03 Å². The summed E-state index contributed by atoms with van der Waals surface area (Å²) in [5.41, 5.74) is 5.31. The third kappa shape index (κ3) is 5.42. The van der Waals surface area contributed by atoms with E-state index in [4.69, 9.17) is 10.6 Å². The fourth-order valence-corrected chi connectivity index (χ4v) is 2.09. The van der Waals surface area contributed by atoms with Crippen LogP contribution < -0.4 is 5.73 Å². The lowest BCUT2D eigenvalue weighted by atomic mass is 10.1. The van der Waals surface area contributed by atoms with Crippen LogP contribution in [0.5, 0.6) is 0 Å². The molecule has 0 aromatic rings. The normalized spacial score (nSPS) is 16.3. The molecule has 0 aliphatic rings. The van der Waals surface area contributed by atoms with Gasteiger partial charge in [0.25, 0.3) is 0 Å². The van der Waals surface area contributed by atoms with Crippen molar-refractivity contribution in [1.29, 1.82) is 0 Å². The van der Waals surface area contributed by atoms with Crippen LogP contribution >= 0.6 is 8.03 Å². The Morgan fingerprint density at radius 1 is 1.55 bits per heavy atom. The third-order valence-corrected chi connectivity index (χ3v) is 3.02. The van der Waals surface area contributed by atoms with Crippen molar-refractivity contribution < 1.29 is 9.46 Å². The highest BCUT2D eigenvalue weighted by Crippen LogP contribution is 2.29. The molecule has 0 bridgehead atoms. The van der Waals surface area contributed by atoms with Gasteiger partial charge in [-0.2, -0.15) is 0 Å². The molecular weight excluding hydrogens is 161 g/mol. The highest BCUT2D eigenvalue weighted by Gasteiger charge is 2.11. The van der Waals surface area contributed by atoms with Crippen molar-refractivity contribution in [1.82, 2.24) is 0 Å². The second-order valence-electron chi connectivity index (χ2n) is 2.75. The summed E-state index contributed by atoms with van der Waals surface area (Å²) in [5.74, 6) is 0. The Morgan fingerprint density at radius 2 is 2.18 bits per heavy atom. The van der Waals surface area contributed by atoms with Gasteiger partial charge in [0.2, 0.25) is 0 Å². The highest BCUT2D eigenvalue weighted by atomic mass is 31.1. The highest BCUT2D eigenvalue weighted by molar-refractivity contribution is 7.38. The number of hydrogen-bond donors (Lipinski definition) is 2. The molecule has 0 spiro atoms. The maximum atomic E-state index is 10.7.